The van der Waals surface area contributed by atoms with Gasteiger partial charge in [-0.2, -0.15) is 0 Å². The minimum atomic E-state index is -1.44. The lowest BCUT2D eigenvalue weighted by atomic mass is 9.44. The molecule has 4 nitrogen and oxygen atoms in total. The number of aliphatic hydroxyl groups is 3. The molecule has 0 heterocycles. The van der Waals surface area contributed by atoms with Crippen molar-refractivity contribution in [3.05, 3.63) is 23.3 Å². The maximum absolute atomic E-state index is 12.8. The van der Waals surface area contributed by atoms with Gasteiger partial charge in [-0.3, -0.25) is 4.79 Å². The molecular formula is C30H48O4. The maximum Gasteiger partial charge on any atom is 0.138 e. The first-order valence-electron chi connectivity index (χ1n) is 13.6. The summed E-state index contributed by atoms with van der Waals surface area (Å²) in [5.74, 6) is 1.79. The van der Waals surface area contributed by atoms with Gasteiger partial charge in [0.05, 0.1) is 12.7 Å². The van der Waals surface area contributed by atoms with Crippen molar-refractivity contribution in [3.63, 3.8) is 0 Å². The van der Waals surface area contributed by atoms with E-state index in [1.165, 1.54) is 25.3 Å². The Morgan fingerprint density at radius 2 is 1.76 bits per heavy atom. The fourth-order valence-electron chi connectivity index (χ4n) is 8.80. The molecule has 4 heteroatoms. The lowest BCUT2D eigenvalue weighted by Crippen LogP contribution is -2.53. The summed E-state index contributed by atoms with van der Waals surface area (Å²) in [6.45, 7) is 15.1. The first kappa shape index (κ1) is 26.1. The topological polar surface area (TPSA) is 77.8 Å². The van der Waals surface area contributed by atoms with Crippen LogP contribution in [0.4, 0.5) is 0 Å². The number of carbonyl (C=O) groups is 1. The highest BCUT2D eigenvalue weighted by atomic mass is 16.4. The third-order valence-corrected chi connectivity index (χ3v) is 11.7. The summed E-state index contributed by atoms with van der Waals surface area (Å²) < 4.78 is 0. The fourth-order valence-corrected chi connectivity index (χ4v) is 8.80. The lowest BCUT2D eigenvalue weighted by molar-refractivity contribution is -0.138. The summed E-state index contributed by atoms with van der Waals surface area (Å²) in [5.41, 5.74) is 1.76. The van der Waals surface area contributed by atoms with Crippen molar-refractivity contribution in [1.82, 2.24) is 0 Å². The molecule has 3 N–H and O–H groups in total. The van der Waals surface area contributed by atoms with E-state index in [2.05, 4.69) is 53.7 Å². The van der Waals surface area contributed by atoms with Crippen LogP contribution in [-0.4, -0.2) is 39.4 Å². The third kappa shape index (κ3) is 3.53. The predicted molar refractivity (Wildman–Crippen MR) is 136 cm³/mol. The number of hydrogen-bond acceptors (Lipinski definition) is 4. The smallest absolute Gasteiger partial charge is 0.138 e. The van der Waals surface area contributed by atoms with E-state index < -0.39 is 18.3 Å². The van der Waals surface area contributed by atoms with Crippen molar-refractivity contribution >= 4 is 5.78 Å². The second-order valence-electron chi connectivity index (χ2n) is 13.8. The molecule has 0 saturated heterocycles. The SMILES string of the molecule is C[C@@H](CC[C@H](O)[C@](C)(O)CO)[C@@H]1CC[C@]2(C)C3=CC[C@@H]4C(C)(C)C(=O)CC[C@@]4(C)C3=CC[C@@]12C. The Labute approximate surface area is 206 Å². The van der Waals surface area contributed by atoms with Gasteiger partial charge in [0.1, 0.15) is 11.4 Å². The van der Waals surface area contributed by atoms with Gasteiger partial charge in [0, 0.05) is 11.8 Å². The van der Waals surface area contributed by atoms with Gasteiger partial charge in [0.15, 0.2) is 0 Å². The Bertz CT molecular complexity index is 897. The van der Waals surface area contributed by atoms with E-state index in [0.29, 0.717) is 36.4 Å². The third-order valence-electron chi connectivity index (χ3n) is 11.7. The summed E-state index contributed by atoms with van der Waals surface area (Å²) in [6, 6.07) is 0. The quantitative estimate of drug-likeness (QED) is 0.470. The molecule has 0 spiro atoms. The van der Waals surface area contributed by atoms with Gasteiger partial charge >= 0.3 is 0 Å². The predicted octanol–water partition coefficient (Wildman–Crippen LogP) is 5.60. The molecule has 0 aromatic rings. The number of Topliss-reactive ketones (excluding diaryl/α,β-unsaturated/α-hetero) is 1. The molecule has 0 unspecified atom stereocenters. The van der Waals surface area contributed by atoms with Crippen molar-refractivity contribution < 1.29 is 20.1 Å². The number of hydrogen-bond donors (Lipinski definition) is 3. The van der Waals surface area contributed by atoms with Crippen LogP contribution in [0.2, 0.25) is 0 Å². The summed E-state index contributed by atoms with van der Waals surface area (Å²) in [5, 5.41) is 30.0. The van der Waals surface area contributed by atoms with Gasteiger partial charge in [-0.05, 0) is 97.0 Å². The number of aliphatic hydroxyl groups excluding tert-OH is 2. The minimum Gasteiger partial charge on any atom is -0.393 e. The zero-order chi connectivity index (χ0) is 25.3. The molecule has 4 aliphatic rings. The van der Waals surface area contributed by atoms with E-state index in [1.54, 1.807) is 5.57 Å². The molecule has 0 bridgehead atoms. The molecule has 0 aliphatic heterocycles. The van der Waals surface area contributed by atoms with Gasteiger partial charge in [0.2, 0.25) is 0 Å². The standard InChI is InChI=1S/C30H48O4/c1-19(8-11-25(33)30(7,34)18-31)20-12-16-29(6)22-9-10-23-26(2,3)24(32)14-15-27(23,4)21(22)13-17-28(20,29)5/h9,13,19-20,23,25,31,33-34H,8,10-12,14-18H2,1-7H3/t19-,20-,23+,25-,27-,28-,29+,30+/m0/s1. The molecule has 34 heavy (non-hydrogen) atoms. The monoisotopic (exact) mass is 472 g/mol. The van der Waals surface area contributed by atoms with Crippen LogP contribution in [0.1, 0.15) is 99.8 Å². The van der Waals surface area contributed by atoms with Crippen molar-refractivity contribution in [2.45, 2.75) is 112 Å². The molecule has 4 aliphatic carbocycles. The van der Waals surface area contributed by atoms with Crippen LogP contribution in [0, 0.1) is 39.4 Å². The largest absolute Gasteiger partial charge is 0.393 e. The van der Waals surface area contributed by atoms with Crippen LogP contribution < -0.4 is 0 Å². The van der Waals surface area contributed by atoms with Crippen LogP contribution in [-0.2, 0) is 4.79 Å². The van der Waals surface area contributed by atoms with E-state index in [9.17, 15) is 20.1 Å². The average Bonchev–Trinajstić information content (AvgIpc) is 3.06. The van der Waals surface area contributed by atoms with Gasteiger partial charge in [-0.25, -0.2) is 0 Å². The number of fused-ring (bicyclic) bond motifs is 5. The summed E-state index contributed by atoms with van der Waals surface area (Å²) in [7, 11) is 0. The first-order chi connectivity index (χ1) is 15.6. The Balaban J connectivity index is 1.60. The van der Waals surface area contributed by atoms with Crippen molar-refractivity contribution in [3.8, 4) is 0 Å². The molecule has 8 atom stereocenters. The number of rotatable bonds is 6. The molecule has 0 aromatic carbocycles. The fraction of sp³-hybridized carbons (Fsp3) is 0.833. The molecule has 0 amide bonds. The van der Waals surface area contributed by atoms with E-state index in [0.717, 1.165) is 25.7 Å². The van der Waals surface area contributed by atoms with E-state index >= 15 is 0 Å². The van der Waals surface area contributed by atoms with Gasteiger partial charge < -0.3 is 15.3 Å². The Hall–Kier alpha value is -0.970. The van der Waals surface area contributed by atoms with E-state index in [4.69, 9.17) is 0 Å². The summed E-state index contributed by atoms with van der Waals surface area (Å²) in [4.78, 5) is 12.8. The average molecular weight is 473 g/mol. The first-order valence-corrected chi connectivity index (χ1v) is 13.6. The van der Waals surface area contributed by atoms with Crippen LogP contribution in [0.15, 0.2) is 23.3 Å². The molecule has 2 saturated carbocycles. The number of ketones is 1. The zero-order valence-electron chi connectivity index (χ0n) is 22.6. The Kier molecular flexibility index (Phi) is 6.36. The van der Waals surface area contributed by atoms with E-state index in [1.807, 2.05) is 0 Å². The van der Waals surface area contributed by atoms with Crippen molar-refractivity contribution in [1.29, 1.82) is 0 Å². The highest BCUT2D eigenvalue weighted by Gasteiger charge is 2.63. The molecule has 0 aromatic heterocycles. The highest BCUT2D eigenvalue weighted by molar-refractivity contribution is 5.86. The second kappa shape index (κ2) is 8.28. The highest BCUT2D eigenvalue weighted by Crippen LogP contribution is 2.71. The maximum atomic E-state index is 12.8. The van der Waals surface area contributed by atoms with Crippen molar-refractivity contribution in [2.24, 2.45) is 39.4 Å². The summed E-state index contributed by atoms with van der Waals surface area (Å²) >= 11 is 0. The Morgan fingerprint density at radius 3 is 2.41 bits per heavy atom. The number of allylic oxidation sites excluding steroid dienone is 4. The van der Waals surface area contributed by atoms with Crippen LogP contribution in [0.5, 0.6) is 0 Å². The van der Waals surface area contributed by atoms with Gasteiger partial charge in [0.25, 0.3) is 0 Å². The molecule has 0 radical (unpaired) electrons. The van der Waals surface area contributed by atoms with Gasteiger partial charge in [-0.15, -0.1) is 0 Å². The zero-order valence-corrected chi connectivity index (χ0v) is 22.6. The minimum absolute atomic E-state index is 0.0789. The lowest BCUT2D eigenvalue weighted by Gasteiger charge is -2.59. The normalized spacial score (nSPS) is 42.5. The molecule has 2 fully saturated rings. The van der Waals surface area contributed by atoms with Crippen LogP contribution >= 0.6 is 0 Å². The van der Waals surface area contributed by atoms with Gasteiger partial charge in [-0.1, -0.05) is 53.7 Å². The Morgan fingerprint density at radius 1 is 1.09 bits per heavy atom. The van der Waals surface area contributed by atoms with Crippen molar-refractivity contribution in [2.75, 3.05) is 6.61 Å². The second-order valence-corrected chi connectivity index (χ2v) is 13.8. The molecule has 4 rings (SSSR count). The molecular weight excluding hydrogens is 424 g/mol. The number of carbonyl (C=O) groups excluding carboxylic acids is 1. The molecule has 192 valence electrons. The summed E-state index contributed by atoms with van der Waals surface area (Å²) in [6.07, 6.45) is 11.6. The van der Waals surface area contributed by atoms with Crippen LogP contribution in [0.25, 0.3) is 0 Å². The van der Waals surface area contributed by atoms with Crippen LogP contribution in [0.3, 0.4) is 0 Å². The van der Waals surface area contributed by atoms with E-state index in [-0.39, 0.29) is 21.7 Å².